The van der Waals surface area contributed by atoms with Crippen molar-refractivity contribution in [1.29, 1.82) is 0 Å². The van der Waals surface area contributed by atoms with Crippen LogP contribution in [0.4, 0.5) is 5.69 Å². The zero-order chi connectivity index (χ0) is 12.8. The van der Waals surface area contributed by atoms with Crippen LogP contribution in [0.2, 0.25) is 0 Å². The molecule has 0 saturated carbocycles. The van der Waals surface area contributed by atoms with Crippen molar-refractivity contribution in [2.24, 2.45) is 0 Å². The topological polar surface area (TPSA) is 59.1 Å². The molecule has 5 nitrogen and oxygen atoms in total. The Morgan fingerprint density at radius 3 is 2.83 bits per heavy atom. The van der Waals surface area contributed by atoms with Gasteiger partial charge in [-0.3, -0.25) is 4.79 Å². The molecule has 2 aliphatic rings. The molecular weight excluding hydrogens is 234 g/mol. The zero-order valence-electron chi connectivity index (χ0n) is 9.96. The van der Waals surface area contributed by atoms with Gasteiger partial charge >= 0.3 is 5.97 Å². The number of nitrogens with zero attached hydrogens (tertiary/aromatic N) is 1. The van der Waals surface area contributed by atoms with Crippen LogP contribution in [-0.4, -0.2) is 37.2 Å². The number of esters is 1. The van der Waals surface area contributed by atoms with Crippen LogP contribution >= 0.6 is 0 Å². The van der Waals surface area contributed by atoms with Gasteiger partial charge in [0.2, 0.25) is 0 Å². The van der Waals surface area contributed by atoms with E-state index in [2.05, 4.69) is 4.74 Å². The first-order valence-corrected chi connectivity index (χ1v) is 5.83. The third-order valence-corrected chi connectivity index (χ3v) is 3.46. The first kappa shape index (κ1) is 11.2. The number of epoxide rings is 1. The van der Waals surface area contributed by atoms with Gasteiger partial charge in [0.25, 0.3) is 11.5 Å². The number of amides is 1. The van der Waals surface area contributed by atoms with E-state index in [9.17, 15) is 9.59 Å². The number of ether oxygens (including phenoxy) is 2. The minimum atomic E-state index is -1.39. The maximum atomic E-state index is 12.4. The highest BCUT2D eigenvalue weighted by Crippen LogP contribution is 2.45. The van der Waals surface area contributed by atoms with Crippen LogP contribution in [0.15, 0.2) is 30.3 Å². The van der Waals surface area contributed by atoms with Crippen molar-refractivity contribution in [3.05, 3.63) is 30.3 Å². The van der Waals surface area contributed by atoms with E-state index < -0.39 is 11.6 Å². The highest BCUT2D eigenvalue weighted by atomic mass is 16.7. The van der Waals surface area contributed by atoms with E-state index in [1.807, 2.05) is 30.3 Å². The molecule has 3 rings (SSSR count). The van der Waals surface area contributed by atoms with Crippen LogP contribution in [0.25, 0.3) is 0 Å². The molecule has 18 heavy (non-hydrogen) atoms. The van der Waals surface area contributed by atoms with E-state index in [4.69, 9.17) is 4.74 Å². The zero-order valence-corrected chi connectivity index (χ0v) is 9.96. The second kappa shape index (κ2) is 3.81. The lowest BCUT2D eigenvalue weighted by Crippen LogP contribution is -2.52. The average Bonchev–Trinajstić information content (AvgIpc) is 3.16. The Balaban J connectivity index is 1.92. The van der Waals surface area contributed by atoms with Gasteiger partial charge in [-0.2, -0.15) is 0 Å². The quantitative estimate of drug-likeness (QED) is 0.439. The molecule has 2 atom stereocenters. The maximum Gasteiger partial charge on any atom is 0.350 e. The Labute approximate surface area is 104 Å². The molecule has 2 heterocycles. The van der Waals surface area contributed by atoms with Gasteiger partial charge in [-0.15, -0.1) is 0 Å². The molecule has 2 aliphatic heterocycles. The van der Waals surface area contributed by atoms with Crippen molar-refractivity contribution >= 4 is 17.6 Å². The molecule has 94 valence electrons. The number of benzene rings is 1. The molecule has 0 aromatic heterocycles. The number of carbonyl (C=O) groups is 2. The number of methoxy groups -OCH3 is 1. The Kier molecular flexibility index (Phi) is 2.38. The summed E-state index contributed by atoms with van der Waals surface area (Å²) < 4.78 is 9.99. The van der Waals surface area contributed by atoms with Crippen LogP contribution in [0.1, 0.15) is 6.42 Å². The molecule has 0 spiro atoms. The number of carbonyl (C=O) groups excluding carboxylic acids is 2. The number of anilines is 1. The number of hydrogen-bond donors (Lipinski definition) is 0. The highest BCUT2D eigenvalue weighted by Gasteiger charge is 2.72. The molecule has 0 aliphatic carbocycles. The monoisotopic (exact) mass is 247 g/mol. The largest absolute Gasteiger partial charge is 0.466 e. The van der Waals surface area contributed by atoms with E-state index in [1.54, 1.807) is 4.90 Å². The van der Waals surface area contributed by atoms with Gasteiger partial charge in [-0.05, 0) is 18.6 Å². The summed E-state index contributed by atoms with van der Waals surface area (Å²) in [5.41, 5.74) is -0.609. The molecule has 2 fully saturated rings. The molecule has 1 amide bonds. The minimum Gasteiger partial charge on any atom is -0.466 e. The van der Waals surface area contributed by atoms with E-state index in [-0.39, 0.29) is 12.0 Å². The van der Waals surface area contributed by atoms with E-state index in [0.717, 1.165) is 5.69 Å². The summed E-state index contributed by atoms with van der Waals surface area (Å²) in [5.74, 6) is -0.921. The minimum absolute atomic E-state index is 0.322. The maximum absolute atomic E-state index is 12.4. The van der Waals surface area contributed by atoms with Crippen molar-refractivity contribution < 1.29 is 19.1 Å². The summed E-state index contributed by atoms with van der Waals surface area (Å²) in [5, 5.41) is 0. The summed E-state index contributed by atoms with van der Waals surface area (Å²) in [6.45, 7) is 0.562. The fourth-order valence-electron chi connectivity index (χ4n) is 2.46. The second-order valence-electron chi connectivity index (χ2n) is 4.41. The lowest BCUT2D eigenvalue weighted by Gasteiger charge is -2.28. The van der Waals surface area contributed by atoms with Crippen LogP contribution in [0.3, 0.4) is 0 Å². The molecule has 0 bridgehead atoms. The Morgan fingerprint density at radius 1 is 1.44 bits per heavy atom. The summed E-state index contributed by atoms with van der Waals surface area (Å²) in [6, 6.07) is 9.27. The Morgan fingerprint density at radius 2 is 2.17 bits per heavy atom. The number of rotatable bonds is 2. The van der Waals surface area contributed by atoms with E-state index in [1.165, 1.54) is 7.11 Å². The highest BCUT2D eigenvalue weighted by molar-refractivity contribution is 6.16. The van der Waals surface area contributed by atoms with E-state index >= 15 is 0 Å². The third kappa shape index (κ3) is 1.37. The lowest BCUT2D eigenvalue weighted by molar-refractivity contribution is -0.151. The van der Waals surface area contributed by atoms with Gasteiger partial charge in [0.15, 0.2) is 0 Å². The first-order chi connectivity index (χ1) is 8.70. The summed E-state index contributed by atoms with van der Waals surface area (Å²) in [6.07, 6.45) is 0.327. The van der Waals surface area contributed by atoms with Gasteiger partial charge in [-0.1, -0.05) is 18.2 Å². The van der Waals surface area contributed by atoms with Gasteiger partial charge < -0.3 is 14.4 Å². The molecule has 2 unspecified atom stereocenters. The number of hydrogen-bond acceptors (Lipinski definition) is 4. The van der Waals surface area contributed by atoms with Crippen LogP contribution in [-0.2, 0) is 19.1 Å². The summed E-state index contributed by atoms with van der Waals surface area (Å²) >= 11 is 0. The normalized spacial score (nSPS) is 29.7. The SMILES string of the molecule is COC(=O)C12OC1CCN(c1ccccc1)C2=O. The lowest BCUT2D eigenvalue weighted by atomic mass is 9.96. The van der Waals surface area contributed by atoms with Gasteiger partial charge in [0.05, 0.1) is 7.11 Å². The van der Waals surface area contributed by atoms with Crippen molar-refractivity contribution in [2.75, 3.05) is 18.6 Å². The molecule has 0 radical (unpaired) electrons. The average molecular weight is 247 g/mol. The third-order valence-electron chi connectivity index (χ3n) is 3.46. The van der Waals surface area contributed by atoms with Crippen LogP contribution in [0.5, 0.6) is 0 Å². The Hall–Kier alpha value is -1.88. The van der Waals surface area contributed by atoms with Crippen molar-refractivity contribution in [1.82, 2.24) is 0 Å². The first-order valence-electron chi connectivity index (χ1n) is 5.83. The smallest absolute Gasteiger partial charge is 0.350 e. The molecule has 5 heteroatoms. The van der Waals surface area contributed by atoms with Crippen molar-refractivity contribution in [3.63, 3.8) is 0 Å². The number of piperidine rings is 1. The fraction of sp³-hybridized carbons (Fsp3) is 0.385. The number of fused-ring (bicyclic) bond motifs is 1. The molecule has 1 aromatic carbocycles. The Bertz CT molecular complexity index is 501. The van der Waals surface area contributed by atoms with Crippen molar-refractivity contribution in [3.8, 4) is 0 Å². The standard InChI is InChI=1S/C13H13NO4/c1-17-12(16)13-10(18-13)7-8-14(11(13)15)9-5-3-2-4-6-9/h2-6,10H,7-8H2,1H3. The molecule has 0 N–H and O–H groups in total. The van der Waals surface area contributed by atoms with Gasteiger partial charge in [-0.25, -0.2) is 4.79 Å². The molecule has 1 aromatic rings. The molecular formula is C13H13NO4. The summed E-state index contributed by atoms with van der Waals surface area (Å²) in [4.78, 5) is 25.7. The molecule has 2 saturated heterocycles. The number of para-hydroxylation sites is 1. The predicted molar refractivity (Wildman–Crippen MR) is 63.0 cm³/mol. The predicted octanol–water partition coefficient (Wildman–Crippen LogP) is 0.734. The van der Waals surface area contributed by atoms with Gasteiger partial charge in [0.1, 0.15) is 6.10 Å². The fourth-order valence-corrected chi connectivity index (χ4v) is 2.46. The summed E-state index contributed by atoms with van der Waals surface area (Å²) in [7, 11) is 1.27. The van der Waals surface area contributed by atoms with Crippen LogP contribution < -0.4 is 4.90 Å². The van der Waals surface area contributed by atoms with Crippen molar-refractivity contribution in [2.45, 2.75) is 18.1 Å². The second-order valence-corrected chi connectivity index (χ2v) is 4.41. The van der Waals surface area contributed by atoms with E-state index in [0.29, 0.717) is 13.0 Å². The van der Waals surface area contributed by atoms with Gasteiger partial charge in [0, 0.05) is 12.2 Å². The van der Waals surface area contributed by atoms with Crippen LogP contribution in [0, 0.1) is 0 Å².